The topological polar surface area (TPSA) is 92.9 Å². The first-order valence-corrected chi connectivity index (χ1v) is 10.8. The second-order valence-corrected chi connectivity index (χ2v) is 8.79. The first-order valence-electron chi connectivity index (χ1n) is 10.8. The van der Waals surface area contributed by atoms with Gasteiger partial charge in [0.05, 0.1) is 5.41 Å². The van der Waals surface area contributed by atoms with Crippen molar-refractivity contribution in [2.45, 2.75) is 56.9 Å². The van der Waals surface area contributed by atoms with Crippen LogP contribution in [0.15, 0.2) is 30.3 Å². The lowest BCUT2D eigenvalue weighted by Crippen LogP contribution is -2.38. The van der Waals surface area contributed by atoms with E-state index in [0.717, 1.165) is 30.6 Å². The molecule has 0 aliphatic heterocycles. The van der Waals surface area contributed by atoms with Crippen LogP contribution in [0.4, 0.5) is 5.82 Å². The second-order valence-electron chi connectivity index (χ2n) is 8.79. The Morgan fingerprint density at radius 2 is 1.90 bits per heavy atom. The van der Waals surface area contributed by atoms with Gasteiger partial charge in [-0.3, -0.25) is 0 Å². The van der Waals surface area contributed by atoms with E-state index in [0.29, 0.717) is 17.4 Å². The Hall–Kier alpha value is -2.96. The molecule has 7 heteroatoms. The number of aromatic carboxylic acids is 1. The number of anilines is 1. The van der Waals surface area contributed by atoms with Gasteiger partial charge in [-0.25, -0.2) is 19.7 Å². The van der Waals surface area contributed by atoms with Gasteiger partial charge in [-0.1, -0.05) is 43.2 Å². The summed E-state index contributed by atoms with van der Waals surface area (Å²) in [6.45, 7) is 2.15. The third kappa shape index (κ3) is 2.87. The molecule has 3 aromatic rings. The van der Waals surface area contributed by atoms with E-state index in [1.165, 1.54) is 24.8 Å². The maximum Gasteiger partial charge on any atom is 0.374 e. The summed E-state index contributed by atoms with van der Waals surface area (Å²) in [6.07, 6.45) is 6.84. The maximum absolute atomic E-state index is 11.7. The first kappa shape index (κ1) is 19.0. The molecule has 0 spiro atoms. The molecule has 2 saturated carbocycles. The van der Waals surface area contributed by atoms with Crippen LogP contribution < -0.4 is 5.32 Å². The molecule has 5 rings (SSSR count). The van der Waals surface area contributed by atoms with Crippen LogP contribution in [0.5, 0.6) is 0 Å². The van der Waals surface area contributed by atoms with E-state index in [1.54, 1.807) is 0 Å². The minimum Gasteiger partial charge on any atom is -0.475 e. The molecule has 0 saturated heterocycles. The predicted molar refractivity (Wildman–Crippen MR) is 115 cm³/mol. The maximum atomic E-state index is 11.7. The lowest BCUT2D eigenvalue weighted by molar-refractivity contribution is 0.0684. The fourth-order valence-corrected chi connectivity index (χ4v) is 4.94. The highest BCUT2D eigenvalue weighted by atomic mass is 16.4. The van der Waals surface area contributed by atoms with E-state index in [9.17, 15) is 9.90 Å². The van der Waals surface area contributed by atoms with Gasteiger partial charge in [-0.15, -0.1) is 0 Å². The zero-order valence-electron chi connectivity index (χ0n) is 17.4. The van der Waals surface area contributed by atoms with Gasteiger partial charge in [0, 0.05) is 13.1 Å². The van der Waals surface area contributed by atoms with Crippen molar-refractivity contribution in [2.24, 2.45) is 13.0 Å². The highest BCUT2D eigenvalue weighted by Crippen LogP contribution is 2.49. The van der Waals surface area contributed by atoms with Crippen molar-refractivity contribution in [3.63, 3.8) is 0 Å². The van der Waals surface area contributed by atoms with E-state index in [2.05, 4.69) is 51.0 Å². The number of imidazole rings is 1. The van der Waals surface area contributed by atoms with Crippen LogP contribution in [0.1, 0.15) is 67.5 Å². The van der Waals surface area contributed by atoms with Crippen molar-refractivity contribution in [2.75, 3.05) is 5.32 Å². The second kappa shape index (κ2) is 7.07. The number of fused-ring (bicyclic) bond motifs is 1. The molecule has 1 atom stereocenters. The van der Waals surface area contributed by atoms with Gasteiger partial charge in [-0.2, -0.15) is 0 Å². The summed E-state index contributed by atoms with van der Waals surface area (Å²) in [5.41, 5.74) is 2.32. The van der Waals surface area contributed by atoms with Crippen molar-refractivity contribution in [1.29, 1.82) is 0 Å². The Labute approximate surface area is 175 Å². The number of aryl methyl sites for hydroxylation is 1. The fraction of sp³-hybridized carbons (Fsp3) is 0.478. The SMILES string of the molecule is C[C@@H](Nc1nc(C(=O)O)nc2nc(C3(c4ccccc4)CCC3)n(C)c12)C1CCC1. The Kier molecular flexibility index (Phi) is 4.49. The lowest BCUT2D eigenvalue weighted by Gasteiger charge is -2.41. The Morgan fingerprint density at radius 1 is 1.17 bits per heavy atom. The molecule has 2 fully saturated rings. The molecule has 7 nitrogen and oxygen atoms in total. The highest BCUT2D eigenvalue weighted by Gasteiger charge is 2.44. The molecule has 1 aromatic carbocycles. The number of carboxylic acid groups (broad SMARTS) is 1. The summed E-state index contributed by atoms with van der Waals surface area (Å²) in [5.74, 6) is 0.757. The number of aromatic nitrogens is 4. The normalized spacial score (nSPS) is 19.1. The van der Waals surface area contributed by atoms with Crippen LogP contribution >= 0.6 is 0 Å². The minimum absolute atomic E-state index is 0.156. The van der Waals surface area contributed by atoms with Gasteiger partial charge >= 0.3 is 5.97 Å². The Bertz CT molecular complexity index is 1100. The van der Waals surface area contributed by atoms with Gasteiger partial charge < -0.3 is 15.0 Å². The molecule has 156 valence electrons. The van der Waals surface area contributed by atoms with Crippen molar-refractivity contribution < 1.29 is 9.90 Å². The number of benzene rings is 1. The molecule has 2 N–H and O–H groups in total. The van der Waals surface area contributed by atoms with E-state index in [4.69, 9.17) is 4.98 Å². The number of hydrogen-bond acceptors (Lipinski definition) is 5. The van der Waals surface area contributed by atoms with Gasteiger partial charge in [0.25, 0.3) is 0 Å². The first-order chi connectivity index (χ1) is 14.5. The number of hydrogen-bond donors (Lipinski definition) is 2. The molecule has 0 amide bonds. The van der Waals surface area contributed by atoms with Crippen molar-refractivity contribution >= 4 is 23.0 Å². The van der Waals surface area contributed by atoms with Crippen LogP contribution in [-0.2, 0) is 12.5 Å². The van der Waals surface area contributed by atoms with Crippen molar-refractivity contribution in [3.05, 3.63) is 47.5 Å². The monoisotopic (exact) mass is 405 g/mol. The number of rotatable bonds is 6. The van der Waals surface area contributed by atoms with Crippen LogP contribution in [0, 0.1) is 5.92 Å². The molecule has 2 aromatic heterocycles. The predicted octanol–water partition coefficient (Wildman–Crippen LogP) is 4.13. The third-order valence-corrected chi connectivity index (χ3v) is 7.10. The molecule has 0 radical (unpaired) electrons. The van der Waals surface area contributed by atoms with Gasteiger partial charge in [0.15, 0.2) is 11.5 Å². The summed E-state index contributed by atoms with van der Waals surface area (Å²) in [4.78, 5) is 25.2. The molecule has 0 bridgehead atoms. The van der Waals surface area contributed by atoms with Gasteiger partial charge in [-0.05, 0) is 44.1 Å². The van der Waals surface area contributed by atoms with Crippen LogP contribution in [0.2, 0.25) is 0 Å². The zero-order valence-corrected chi connectivity index (χ0v) is 17.4. The fourth-order valence-electron chi connectivity index (χ4n) is 4.94. The lowest BCUT2D eigenvalue weighted by atomic mass is 9.64. The smallest absolute Gasteiger partial charge is 0.374 e. The average molecular weight is 406 g/mol. The number of nitrogens with zero attached hydrogens (tertiary/aromatic N) is 4. The Morgan fingerprint density at radius 3 is 2.47 bits per heavy atom. The van der Waals surface area contributed by atoms with Crippen LogP contribution in [0.25, 0.3) is 11.2 Å². The third-order valence-electron chi connectivity index (χ3n) is 7.10. The number of carbonyl (C=O) groups is 1. The summed E-state index contributed by atoms with van der Waals surface area (Å²) in [7, 11) is 2.00. The molecular formula is C23H27N5O2. The average Bonchev–Trinajstić information content (AvgIpc) is 2.97. The summed E-state index contributed by atoms with van der Waals surface area (Å²) in [5, 5.41) is 13.0. The van der Waals surface area contributed by atoms with Crippen LogP contribution in [-0.4, -0.2) is 36.6 Å². The molecule has 2 aliphatic carbocycles. The Balaban J connectivity index is 1.65. The van der Waals surface area contributed by atoms with E-state index < -0.39 is 5.97 Å². The van der Waals surface area contributed by atoms with Gasteiger partial charge in [0.2, 0.25) is 5.82 Å². The largest absolute Gasteiger partial charge is 0.475 e. The molecular weight excluding hydrogens is 378 g/mol. The standard InChI is InChI=1S/C23H27N5O2/c1-14(15-8-6-9-15)24-18-17-19(26-20(25-18)21(29)30)27-22(28(17)2)23(12-7-13-23)16-10-4-3-5-11-16/h3-5,10-11,14-15H,6-9,12-13H2,1-2H3,(H,29,30)(H,24,25,26)/t14-/m1/s1. The summed E-state index contributed by atoms with van der Waals surface area (Å²) >= 11 is 0. The van der Waals surface area contributed by atoms with E-state index in [-0.39, 0.29) is 17.3 Å². The molecule has 0 unspecified atom stereocenters. The highest BCUT2D eigenvalue weighted by molar-refractivity contribution is 5.90. The zero-order chi connectivity index (χ0) is 20.9. The molecule has 2 heterocycles. The van der Waals surface area contributed by atoms with Crippen molar-refractivity contribution in [3.8, 4) is 0 Å². The van der Waals surface area contributed by atoms with Crippen molar-refractivity contribution in [1.82, 2.24) is 19.5 Å². The summed E-state index contributed by atoms with van der Waals surface area (Å²) in [6, 6.07) is 10.7. The minimum atomic E-state index is -1.13. The number of carboxylic acids is 1. The van der Waals surface area contributed by atoms with Crippen LogP contribution in [0.3, 0.4) is 0 Å². The quantitative estimate of drug-likeness (QED) is 0.640. The van der Waals surface area contributed by atoms with Gasteiger partial charge in [0.1, 0.15) is 11.3 Å². The summed E-state index contributed by atoms with van der Waals surface area (Å²) < 4.78 is 2.07. The number of nitrogens with one attached hydrogen (secondary N) is 1. The molecule has 30 heavy (non-hydrogen) atoms. The van der Waals surface area contributed by atoms with E-state index in [1.807, 2.05) is 13.1 Å². The van der Waals surface area contributed by atoms with E-state index >= 15 is 0 Å². The molecule has 2 aliphatic rings.